The van der Waals surface area contributed by atoms with E-state index >= 15 is 0 Å². The monoisotopic (exact) mass is 815 g/mol. The maximum atomic E-state index is 6.52. The quantitative estimate of drug-likeness (QED) is 0.0341. The van der Waals surface area contributed by atoms with E-state index < -0.39 is 17.6 Å². The van der Waals surface area contributed by atoms with Crippen LogP contribution in [0.4, 0.5) is 0 Å². The summed E-state index contributed by atoms with van der Waals surface area (Å²) >= 11 is 0. The molecule has 0 aromatic heterocycles. The van der Waals surface area contributed by atoms with Gasteiger partial charge < -0.3 is 26.6 Å². The number of hydrogen-bond acceptors (Lipinski definition) is 9. The summed E-state index contributed by atoms with van der Waals surface area (Å²) in [5.74, 6) is 0. The van der Waals surface area contributed by atoms with Crippen LogP contribution in [0.3, 0.4) is 0 Å². The van der Waals surface area contributed by atoms with Crippen molar-refractivity contribution in [2.75, 3.05) is 39.6 Å². The minimum Gasteiger partial charge on any atom is -0.373 e. The van der Waals surface area contributed by atoms with Crippen molar-refractivity contribution in [3.05, 3.63) is 0 Å². The Balaban J connectivity index is 5.07. The molecule has 0 N–H and O–H groups in total. The Morgan fingerprint density at radius 1 is 0.333 bits per heavy atom. The summed E-state index contributed by atoms with van der Waals surface area (Å²) in [5.41, 5.74) is 0. The molecule has 11 heteroatoms. The second-order valence-corrected chi connectivity index (χ2v) is 24.3. The van der Waals surface area contributed by atoms with Crippen LogP contribution in [0.15, 0.2) is 0 Å². The van der Waals surface area contributed by atoms with Gasteiger partial charge in [-0.05, 0) is 86.9 Å². The van der Waals surface area contributed by atoms with Crippen LogP contribution in [0.1, 0.15) is 197 Å². The summed E-state index contributed by atoms with van der Waals surface area (Å²) in [5, 5.41) is 1.39. The van der Waals surface area contributed by atoms with E-state index in [0.717, 1.165) is 142 Å². The third kappa shape index (κ3) is 29.2. The predicted molar refractivity (Wildman–Crippen MR) is 234 cm³/mol. The first-order valence-corrected chi connectivity index (χ1v) is 29.2. The van der Waals surface area contributed by atoms with Crippen LogP contribution in [0.5, 0.6) is 0 Å². The van der Waals surface area contributed by atoms with Crippen LogP contribution in [-0.2, 0) is 26.6 Å². The molecular formula is C40H86O6S3Si2. The molecule has 2 unspecified atom stereocenters. The van der Waals surface area contributed by atoms with Gasteiger partial charge >= 0.3 is 17.6 Å². The molecule has 0 amide bonds. The molecule has 0 aliphatic heterocycles. The Labute approximate surface area is 332 Å². The molecule has 308 valence electrons. The van der Waals surface area contributed by atoms with Crippen LogP contribution in [-0.4, -0.2) is 67.8 Å². The number of hydrogen-bond donors (Lipinski definition) is 0. The lowest BCUT2D eigenvalue weighted by Gasteiger charge is -2.30. The average Bonchev–Trinajstić information content (AvgIpc) is 3.12. The van der Waals surface area contributed by atoms with E-state index in [2.05, 4.69) is 86.8 Å². The fourth-order valence-corrected chi connectivity index (χ4v) is 16.9. The molecule has 51 heavy (non-hydrogen) atoms. The predicted octanol–water partition coefficient (Wildman–Crippen LogP) is 14.5. The zero-order valence-electron chi connectivity index (χ0n) is 35.0. The van der Waals surface area contributed by atoms with Crippen molar-refractivity contribution >= 4 is 49.0 Å². The summed E-state index contributed by atoms with van der Waals surface area (Å²) in [6, 6.07) is 1.91. The fourth-order valence-electron chi connectivity index (χ4n) is 5.60. The highest BCUT2D eigenvalue weighted by Crippen LogP contribution is 2.45. The van der Waals surface area contributed by atoms with Crippen molar-refractivity contribution in [3.8, 4) is 0 Å². The molecule has 0 heterocycles. The molecule has 0 saturated heterocycles. The smallest absolute Gasteiger partial charge is 0.373 e. The Kier molecular flexibility index (Phi) is 39.1. The summed E-state index contributed by atoms with van der Waals surface area (Å²) < 4.78 is 39.1. The van der Waals surface area contributed by atoms with Crippen LogP contribution in [0.25, 0.3) is 0 Å². The van der Waals surface area contributed by atoms with E-state index in [9.17, 15) is 0 Å². The lowest BCUT2D eigenvalue weighted by atomic mass is 10.1. The zero-order valence-corrected chi connectivity index (χ0v) is 39.5. The second kappa shape index (κ2) is 38.1. The zero-order chi connectivity index (χ0) is 37.7. The van der Waals surface area contributed by atoms with Crippen molar-refractivity contribution in [3.63, 3.8) is 0 Å². The van der Waals surface area contributed by atoms with Crippen LogP contribution in [0, 0.1) is 0 Å². The van der Waals surface area contributed by atoms with Gasteiger partial charge in [0.15, 0.2) is 0 Å². The molecule has 0 rings (SSSR count). The van der Waals surface area contributed by atoms with E-state index in [4.69, 9.17) is 26.6 Å². The van der Waals surface area contributed by atoms with Crippen molar-refractivity contribution < 1.29 is 26.6 Å². The molecule has 0 aliphatic rings. The third-order valence-corrected chi connectivity index (χ3v) is 20.0. The maximum absolute atomic E-state index is 6.52. The van der Waals surface area contributed by atoms with Gasteiger partial charge in [-0.2, -0.15) is 0 Å². The molecular weight excluding hydrogens is 729 g/mol. The van der Waals surface area contributed by atoms with E-state index in [1.165, 1.54) is 51.4 Å². The van der Waals surface area contributed by atoms with Gasteiger partial charge in [-0.25, -0.2) is 0 Å². The average molecular weight is 815 g/mol. The molecule has 0 aliphatic carbocycles. The van der Waals surface area contributed by atoms with Gasteiger partial charge in [0.05, 0.1) is 0 Å². The minimum atomic E-state index is -2.64. The normalized spacial score (nSPS) is 13.6. The van der Waals surface area contributed by atoms with Crippen molar-refractivity contribution in [2.45, 2.75) is 219 Å². The first-order chi connectivity index (χ1) is 24.9. The third-order valence-electron chi connectivity index (χ3n) is 9.01. The van der Waals surface area contributed by atoms with Crippen LogP contribution >= 0.6 is 31.4 Å². The molecule has 6 nitrogen and oxygen atoms in total. The highest BCUT2D eigenvalue weighted by atomic mass is 33.5. The van der Waals surface area contributed by atoms with Crippen molar-refractivity contribution in [1.29, 1.82) is 0 Å². The molecule has 0 aromatic carbocycles. The first kappa shape index (κ1) is 52.2. The molecule has 0 spiro atoms. The first-order valence-electron chi connectivity index (χ1n) is 21.8. The lowest BCUT2D eigenvalue weighted by Crippen LogP contribution is -2.46. The van der Waals surface area contributed by atoms with Crippen molar-refractivity contribution in [2.24, 2.45) is 0 Å². The number of rotatable bonds is 42. The minimum absolute atomic E-state index is 0.696. The molecule has 0 radical (unpaired) electrons. The number of unbranched alkanes of at least 4 members (excludes halogenated alkanes) is 8. The topological polar surface area (TPSA) is 55.4 Å². The standard InChI is InChI=1S/C40H86O6S3Si2/c1-9-17-31-41-50(42-32-18-10-2,43-33-19-11-3)37-25-23-29-39(27-15-7)47-49-48-40(28-16-8)30-24-26-38-51(44-34-20-12-4,45-35-21-13-5)46-36-22-14-6/h39-40H,9-38H2,1-8H3. The van der Waals surface area contributed by atoms with Crippen LogP contribution in [0.2, 0.25) is 12.1 Å². The fraction of sp³-hybridized carbons (Fsp3) is 1.00. The summed E-state index contributed by atoms with van der Waals surface area (Å²) in [4.78, 5) is 0. The van der Waals surface area contributed by atoms with E-state index in [-0.39, 0.29) is 0 Å². The lowest BCUT2D eigenvalue weighted by molar-refractivity contribution is 0.0550. The molecule has 0 fully saturated rings. The van der Waals surface area contributed by atoms with Gasteiger partial charge in [-0.1, -0.05) is 141 Å². The molecule has 0 bridgehead atoms. The second-order valence-electron chi connectivity index (χ2n) is 14.2. The largest absolute Gasteiger partial charge is 0.500 e. The Hall–Kier alpha value is 1.24. The highest BCUT2D eigenvalue weighted by Gasteiger charge is 2.41. The molecule has 2 atom stereocenters. The van der Waals surface area contributed by atoms with Gasteiger partial charge in [-0.3, -0.25) is 0 Å². The van der Waals surface area contributed by atoms with E-state index in [1.807, 2.05) is 0 Å². The Morgan fingerprint density at radius 2 is 0.608 bits per heavy atom. The van der Waals surface area contributed by atoms with E-state index in [1.54, 1.807) is 0 Å². The molecule has 0 saturated carbocycles. The Bertz CT molecular complexity index is 606. The summed E-state index contributed by atoms with van der Waals surface area (Å²) in [6.45, 7) is 22.6. The van der Waals surface area contributed by atoms with Gasteiger partial charge in [0.1, 0.15) is 0 Å². The van der Waals surface area contributed by atoms with Gasteiger partial charge in [0, 0.05) is 62.2 Å². The van der Waals surface area contributed by atoms with Gasteiger partial charge in [0.2, 0.25) is 0 Å². The van der Waals surface area contributed by atoms with Gasteiger partial charge in [-0.15, -0.1) is 0 Å². The SMILES string of the molecule is CCCCO[Si](CCCCC(CCC)SSSC(CCC)CCCC[Si](OCCCC)(OCCCC)OCCCC)(OCCCC)OCCCC. The summed E-state index contributed by atoms with van der Waals surface area (Å²) in [7, 11) is 1.04. The summed E-state index contributed by atoms with van der Waals surface area (Å²) in [6.07, 6.45) is 25.5. The van der Waals surface area contributed by atoms with Crippen LogP contribution < -0.4 is 0 Å². The highest BCUT2D eigenvalue weighted by molar-refractivity contribution is 9.09. The molecule has 0 aromatic rings. The Morgan fingerprint density at radius 3 is 0.843 bits per heavy atom. The van der Waals surface area contributed by atoms with Crippen molar-refractivity contribution in [1.82, 2.24) is 0 Å². The van der Waals surface area contributed by atoms with Gasteiger partial charge in [0.25, 0.3) is 0 Å². The maximum Gasteiger partial charge on any atom is 0.500 e. The van der Waals surface area contributed by atoms with E-state index in [0.29, 0.717) is 10.5 Å².